The highest BCUT2D eigenvalue weighted by molar-refractivity contribution is 5.49. The minimum Gasteiger partial charge on any atom is -0.389 e. The Morgan fingerprint density at radius 2 is 1.88 bits per heavy atom. The molecule has 94 valence electrons. The molecule has 1 aliphatic heterocycles. The molecule has 0 aliphatic carbocycles. The summed E-state index contributed by atoms with van der Waals surface area (Å²) in [5.74, 6) is 0.845. The van der Waals surface area contributed by atoms with E-state index >= 15 is 0 Å². The van der Waals surface area contributed by atoms with Gasteiger partial charge in [-0.2, -0.15) is 0 Å². The number of anilines is 1. The van der Waals surface area contributed by atoms with Gasteiger partial charge in [-0.15, -0.1) is 0 Å². The predicted molar refractivity (Wildman–Crippen MR) is 72.3 cm³/mol. The molecule has 1 N–H and O–H groups in total. The number of aliphatic hydroxyl groups is 1. The number of nitrogens with zero attached hydrogens (tertiary/aromatic N) is 1. The standard InChI is InChI=1S/C15H23NO/c1-11-8-9-16(12(2)10-11)15-6-4-14(5-7-15)13(3)17/h4-7,11-13,17H,8-10H2,1-3H3. The molecule has 1 aromatic rings. The van der Waals surface area contributed by atoms with E-state index in [0.717, 1.165) is 18.0 Å². The molecule has 0 amide bonds. The molecule has 0 aromatic heterocycles. The number of benzene rings is 1. The largest absolute Gasteiger partial charge is 0.389 e. The lowest BCUT2D eigenvalue weighted by atomic mass is 9.93. The zero-order chi connectivity index (χ0) is 12.4. The van der Waals surface area contributed by atoms with E-state index in [1.165, 1.54) is 18.5 Å². The van der Waals surface area contributed by atoms with Crippen molar-refractivity contribution < 1.29 is 5.11 Å². The van der Waals surface area contributed by atoms with Crippen LogP contribution in [0.3, 0.4) is 0 Å². The topological polar surface area (TPSA) is 23.5 Å². The molecule has 2 rings (SSSR count). The first-order chi connectivity index (χ1) is 8.08. The fourth-order valence-corrected chi connectivity index (χ4v) is 2.74. The van der Waals surface area contributed by atoms with Crippen LogP contribution in [0.2, 0.25) is 0 Å². The van der Waals surface area contributed by atoms with Crippen molar-refractivity contribution in [2.24, 2.45) is 5.92 Å². The summed E-state index contributed by atoms with van der Waals surface area (Å²) in [5, 5.41) is 9.50. The smallest absolute Gasteiger partial charge is 0.0761 e. The van der Waals surface area contributed by atoms with Crippen molar-refractivity contribution in [3.05, 3.63) is 29.8 Å². The third-order valence-electron chi connectivity index (χ3n) is 3.85. The zero-order valence-corrected chi connectivity index (χ0v) is 11.1. The molecule has 3 atom stereocenters. The summed E-state index contributed by atoms with van der Waals surface area (Å²) in [5.41, 5.74) is 2.28. The molecule has 1 aliphatic rings. The van der Waals surface area contributed by atoms with Gasteiger partial charge in [0, 0.05) is 18.3 Å². The number of hydrogen-bond donors (Lipinski definition) is 1. The molecule has 1 saturated heterocycles. The first-order valence-electron chi connectivity index (χ1n) is 6.62. The van der Waals surface area contributed by atoms with Gasteiger partial charge in [0.05, 0.1) is 6.10 Å². The van der Waals surface area contributed by atoms with Crippen molar-refractivity contribution in [3.8, 4) is 0 Å². The van der Waals surface area contributed by atoms with Crippen LogP contribution in [0, 0.1) is 5.92 Å². The minimum atomic E-state index is -0.372. The lowest BCUT2D eigenvalue weighted by molar-refractivity contribution is 0.199. The van der Waals surface area contributed by atoms with Crippen LogP contribution in [0.1, 0.15) is 45.3 Å². The maximum atomic E-state index is 9.50. The van der Waals surface area contributed by atoms with E-state index in [0.29, 0.717) is 6.04 Å². The van der Waals surface area contributed by atoms with Crippen LogP contribution in [0.15, 0.2) is 24.3 Å². The Kier molecular flexibility index (Phi) is 3.72. The Hall–Kier alpha value is -1.02. The zero-order valence-electron chi connectivity index (χ0n) is 11.1. The molecule has 17 heavy (non-hydrogen) atoms. The first-order valence-corrected chi connectivity index (χ1v) is 6.62. The highest BCUT2D eigenvalue weighted by Gasteiger charge is 2.22. The molecule has 0 radical (unpaired) electrons. The fourth-order valence-electron chi connectivity index (χ4n) is 2.74. The van der Waals surface area contributed by atoms with Crippen molar-refractivity contribution in [2.45, 2.75) is 45.8 Å². The van der Waals surface area contributed by atoms with E-state index in [2.05, 4.69) is 30.9 Å². The van der Waals surface area contributed by atoms with Crippen molar-refractivity contribution in [1.29, 1.82) is 0 Å². The normalized spacial score (nSPS) is 26.9. The second-order valence-corrected chi connectivity index (χ2v) is 5.44. The van der Waals surface area contributed by atoms with Crippen molar-refractivity contribution >= 4 is 5.69 Å². The summed E-state index contributed by atoms with van der Waals surface area (Å²) in [4.78, 5) is 2.48. The van der Waals surface area contributed by atoms with Crippen LogP contribution >= 0.6 is 0 Å². The van der Waals surface area contributed by atoms with Gasteiger partial charge in [0.1, 0.15) is 0 Å². The van der Waals surface area contributed by atoms with Gasteiger partial charge in [-0.25, -0.2) is 0 Å². The summed E-state index contributed by atoms with van der Waals surface area (Å²) < 4.78 is 0. The quantitative estimate of drug-likeness (QED) is 0.846. The van der Waals surface area contributed by atoms with Crippen LogP contribution in [-0.2, 0) is 0 Å². The summed E-state index contributed by atoms with van der Waals surface area (Å²) in [6.45, 7) is 7.60. The predicted octanol–water partition coefficient (Wildman–Crippen LogP) is 3.36. The number of piperidine rings is 1. The summed E-state index contributed by atoms with van der Waals surface area (Å²) in [7, 11) is 0. The number of aliphatic hydroxyl groups excluding tert-OH is 1. The van der Waals surface area contributed by atoms with Gasteiger partial charge in [-0.1, -0.05) is 19.1 Å². The Bertz CT molecular complexity index is 358. The van der Waals surface area contributed by atoms with E-state index in [1.54, 1.807) is 6.92 Å². The van der Waals surface area contributed by atoms with Crippen LogP contribution in [0.4, 0.5) is 5.69 Å². The Morgan fingerprint density at radius 1 is 1.24 bits per heavy atom. The average molecular weight is 233 g/mol. The van der Waals surface area contributed by atoms with Crippen LogP contribution in [0.5, 0.6) is 0 Å². The third-order valence-corrected chi connectivity index (χ3v) is 3.85. The summed E-state index contributed by atoms with van der Waals surface area (Å²) in [6.07, 6.45) is 2.18. The summed E-state index contributed by atoms with van der Waals surface area (Å²) in [6, 6.07) is 8.95. The molecular formula is C15H23NO. The highest BCUT2D eigenvalue weighted by atomic mass is 16.3. The van der Waals surface area contributed by atoms with E-state index in [4.69, 9.17) is 0 Å². The maximum absolute atomic E-state index is 9.50. The summed E-state index contributed by atoms with van der Waals surface area (Å²) >= 11 is 0. The minimum absolute atomic E-state index is 0.372. The SMILES string of the molecule is CC1CCN(c2ccc(C(C)O)cc2)C(C)C1. The lowest BCUT2D eigenvalue weighted by Gasteiger charge is -2.38. The molecule has 1 fully saturated rings. The molecule has 2 nitrogen and oxygen atoms in total. The lowest BCUT2D eigenvalue weighted by Crippen LogP contribution is -2.40. The van der Waals surface area contributed by atoms with E-state index < -0.39 is 0 Å². The van der Waals surface area contributed by atoms with Crippen LogP contribution in [0.25, 0.3) is 0 Å². The van der Waals surface area contributed by atoms with Gasteiger partial charge in [0.25, 0.3) is 0 Å². The van der Waals surface area contributed by atoms with Crippen molar-refractivity contribution in [2.75, 3.05) is 11.4 Å². The second-order valence-electron chi connectivity index (χ2n) is 5.44. The van der Waals surface area contributed by atoms with Crippen molar-refractivity contribution in [1.82, 2.24) is 0 Å². The Balaban J connectivity index is 2.11. The van der Waals surface area contributed by atoms with E-state index in [1.807, 2.05) is 12.1 Å². The van der Waals surface area contributed by atoms with Gasteiger partial charge in [0.15, 0.2) is 0 Å². The van der Waals surface area contributed by atoms with Gasteiger partial charge >= 0.3 is 0 Å². The molecule has 0 spiro atoms. The monoisotopic (exact) mass is 233 g/mol. The van der Waals surface area contributed by atoms with Crippen LogP contribution < -0.4 is 4.90 Å². The third kappa shape index (κ3) is 2.81. The van der Waals surface area contributed by atoms with Gasteiger partial charge in [-0.05, 0) is 50.3 Å². The fraction of sp³-hybridized carbons (Fsp3) is 0.600. The van der Waals surface area contributed by atoms with Gasteiger partial charge in [0.2, 0.25) is 0 Å². The maximum Gasteiger partial charge on any atom is 0.0761 e. The van der Waals surface area contributed by atoms with Gasteiger partial charge < -0.3 is 10.0 Å². The molecule has 1 aromatic carbocycles. The van der Waals surface area contributed by atoms with Gasteiger partial charge in [-0.3, -0.25) is 0 Å². The van der Waals surface area contributed by atoms with Crippen molar-refractivity contribution in [3.63, 3.8) is 0 Å². The Labute approximate surface area is 104 Å². The van der Waals surface area contributed by atoms with E-state index in [9.17, 15) is 5.11 Å². The number of hydrogen-bond acceptors (Lipinski definition) is 2. The molecule has 3 unspecified atom stereocenters. The second kappa shape index (κ2) is 5.09. The molecule has 0 bridgehead atoms. The average Bonchev–Trinajstić information content (AvgIpc) is 2.29. The van der Waals surface area contributed by atoms with Crippen LogP contribution in [-0.4, -0.2) is 17.7 Å². The highest BCUT2D eigenvalue weighted by Crippen LogP contribution is 2.28. The van der Waals surface area contributed by atoms with E-state index in [-0.39, 0.29) is 6.10 Å². The molecule has 0 saturated carbocycles. The number of rotatable bonds is 2. The molecular weight excluding hydrogens is 210 g/mol. The molecule has 1 heterocycles. The Morgan fingerprint density at radius 3 is 2.41 bits per heavy atom. The first kappa shape index (κ1) is 12.4. The molecule has 2 heteroatoms.